The van der Waals surface area contributed by atoms with Gasteiger partial charge in [0.1, 0.15) is 0 Å². The topological polar surface area (TPSA) is 21.3 Å². The normalized spacial score (nSPS) is 35.2. The number of morpholine rings is 1. The molecule has 2 aliphatic rings. The minimum atomic E-state index is 0.635. The second-order valence-electron chi connectivity index (χ2n) is 4.24. The van der Waals surface area contributed by atoms with E-state index >= 15 is 0 Å². The Hall–Kier alpha value is -0.0800. The molecule has 11 heavy (non-hydrogen) atoms. The summed E-state index contributed by atoms with van der Waals surface area (Å²) in [7, 11) is 0. The van der Waals surface area contributed by atoms with Crippen LogP contribution in [-0.4, -0.2) is 25.8 Å². The van der Waals surface area contributed by atoms with Gasteiger partial charge in [0.15, 0.2) is 0 Å². The average molecular weight is 155 g/mol. The maximum atomic E-state index is 5.39. The molecule has 2 nitrogen and oxygen atoms in total. The maximum Gasteiger partial charge on any atom is 0.0620 e. The third kappa shape index (κ3) is 1.94. The lowest BCUT2D eigenvalue weighted by atomic mass is 9.99. The minimum Gasteiger partial charge on any atom is -0.379 e. The van der Waals surface area contributed by atoms with Gasteiger partial charge in [0.2, 0.25) is 0 Å². The highest BCUT2D eigenvalue weighted by molar-refractivity contribution is 4.92. The molecule has 2 heteroatoms. The van der Waals surface area contributed by atoms with E-state index in [9.17, 15) is 0 Å². The highest BCUT2D eigenvalue weighted by Gasteiger charge is 2.39. The largest absolute Gasteiger partial charge is 0.379 e. The average Bonchev–Trinajstić information content (AvgIpc) is 2.70. The Labute approximate surface area is 68.3 Å². The molecule has 1 aliphatic carbocycles. The Balaban J connectivity index is 1.76. The number of rotatable bonds is 2. The molecule has 1 aliphatic heterocycles. The van der Waals surface area contributed by atoms with Crippen LogP contribution in [0.1, 0.15) is 26.2 Å². The van der Waals surface area contributed by atoms with Crippen molar-refractivity contribution in [3.8, 4) is 0 Å². The third-order valence-electron chi connectivity index (χ3n) is 2.84. The van der Waals surface area contributed by atoms with Gasteiger partial charge in [-0.25, -0.2) is 0 Å². The molecule has 1 unspecified atom stereocenters. The van der Waals surface area contributed by atoms with Crippen LogP contribution < -0.4 is 5.32 Å². The molecule has 1 saturated heterocycles. The molecule has 1 heterocycles. The molecule has 1 saturated carbocycles. The predicted octanol–water partition coefficient (Wildman–Crippen LogP) is 1.16. The lowest BCUT2D eigenvalue weighted by molar-refractivity contribution is 0.0679. The summed E-state index contributed by atoms with van der Waals surface area (Å²) in [5.41, 5.74) is 0.665. The maximum absolute atomic E-state index is 5.39. The lowest BCUT2D eigenvalue weighted by Gasteiger charge is -2.26. The number of hydrogen-bond donors (Lipinski definition) is 1. The summed E-state index contributed by atoms with van der Waals surface area (Å²) in [4.78, 5) is 0. The smallest absolute Gasteiger partial charge is 0.0620 e. The molecule has 64 valence electrons. The Morgan fingerprint density at radius 2 is 2.36 bits per heavy atom. The minimum absolute atomic E-state index is 0.635. The summed E-state index contributed by atoms with van der Waals surface area (Å²) >= 11 is 0. The van der Waals surface area contributed by atoms with Crippen LogP contribution in [0, 0.1) is 5.41 Å². The molecule has 1 atom stereocenters. The molecule has 0 radical (unpaired) electrons. The van der Waals surface area contributed by atoms with Crippen LogP contribution in [0.3, 0.4) is 0 Å². The van der Waals surface area contributed by atoms with Crippen molar-refractivity contribution in [2.75, 3.05) is 19.8 Å². The molecule has 0 aromatic carbocycles. The van der Waals surface area contributed by atoms with E-state index < -0.39 is 0 Å². The van der Waals surface area contributed by atoms with E-state index in [1.807, 2.05) is 0 Å². The van der Waals surface area contributed by atoms with Gasteiger partial charge in [-0.2, -0.15) is 0 Å². The zero-order valence-corrected chi connectivity index (χ0v) is 7.23. The van der Waals surface area contributed by atoms with Crippen molar-refractivity contribution < 1.29 is 4.74 Å². The van der Waals surface area contributed by atoms with E-state index in [1.165, 1.54) is 19.3 Å². The standard InChI is InChI=1S/C9H17NO/c1-9(2-3-9)6-8-7-11-5-4-10-8/h8,10H,2-7H2,1H3. The van der Waals surface area contributed by atoms with Gasteiger partial charge in [-0.1, -0.05) is 6.92 Å². The van der Waals surface area contributed by atoms with Gasteiger partial charge in [0, 0.05) is 12.6 Å². The fourth-order valence-electron chi connectivity index (χ4n) is 1.76. The van der Waals surface area contributed by atoms with E-state index in [0.717, 1.165) is 19.8 Å². The van der Waals surface area contributed by atoms with Crippen LogP contribution in [0.25, 0.3) is 0 Å². The molecular formula is C9H17NO. The third-order valence-corrected chi connectivity index (χ3v) is 2.84. The van der Waals surface area contributed by atoms with E-state index in [4.69, 9.17) is 4.74 Å². The Morgan fingerprint density at radius 3 is 2.91 bits per heavy atom. The van der Waals surface area contributed by atoms with Gasteiger partial charge in [0.05, 0.1) is 13.2 Å². The molecule has 0 aromatic rings. The van der Waals surface area contributed by atoms with Crippen LogP contribution >= 0.6 is 0 Å². The van der Waals surface area contributed by atoms with Crippen LogP contribution in [0.2, 0.25) is 0 Å². The summed E-state index contributed by atoms with van der Waals surface area (Å²) < 4.78 is 5.39. The first-order valence-electron chi connectivity index (χ1n) is 4.60. The van der Waals surface area contributed by atoms with Crippen molar-refractivity contribution in [1.82, 2.24) is 5.32 Å². The van der Waals surface area contributed by atoms with Crippen molar-refractivity contribution in [3.63, 3.8) is 0 Å². The molecule has 2 rings (SSSR count). The molecule has 0 spiro atoms. The molecule has 0 amide bonds. The van der Waals surface area contributed by atoms with E-state index in [2.05, 4.69) is 12.2 Å². The van der Waals surface area contributed by atoms with Crippen LogP contribution in [0.15, 0.2) is 0 Å². The first-order chi connectivity index (χ1) is 5.29. The second kappa shape index (κ2) is 2.76. The predicted molar refractivity (Wildman–Crippen MR) is 44.6 cm³/mol. The first-order valence-corrected chi connectivity index (χ1v) is 4.60. The van der Waals surface area contributed by atoms with Crippen molar-refractivity contribution in [2.45, 2.75) is 32.2 Å². The van der Waals surface area contributed by atoms with Crippen LogP contribution in [0.5, 0.6) is 0 Å². The van der Waals surface area contributed by atoms with Crippen molar-refractivity contribution in [3.05, 3.63) is 0 Å². The van der Waals surface area contributed by atoms with Crippen LogP contribution in [-0.2, 0) is 4.74 Å². The monoisotopic (exact) mass is 155 g/mol. The van der Waals surface area contributed by atoms with E-state index in [-0.39, 0.29) is 0 Å². The van der Waals surface area contributed by atoms with Gasteiger partial charge in [-0.05, 0) is 24.7 Å². The van der Waals surface area contributed by atoms with Gasteiger partial charge in [-0.15, -0.1) is 0 Å². The number of hydrogen-bond acceptors (Lipinski definition) is 2. The van der Waals surface area contributed by atoms with Gasteiger partial charge in [0.25, 0.3) is 0 Å². The molecule has 0 bridgehead atoms. The first kappa shape index (κ1) is 7.56. The zero-order valence-electron chi connectivity index (χ0n) is 7.23. The fraction of sp³-hybridized carbons (Fsp3) is 1.00. The second-order valence-corrected chi connectivity index (χ2v) is 4.24. The summed E-state index contributed by atoms with van der Waals surface area (Å²) in [6.07, 6.45) is 4.16. The number of nitrogens with one attached hydrogen (secondary N) is 1. The quantitative estimate of drug-likeness (QED) is 0.646. The van der Waals surface area contributed by atoms with E-state index in [0.29, 0.717) is 11.5 Å². The van der Waals surface area contributed by atoms with Crippen molar-refractivity contribution in [2.24, 2.45) is 5.41 Å². The highest BCUT2D eigenvalue weighted by atomic mass is 16.5. The summed E-state index contributed by atoms with van der Waals surface area (Å²) in [6.45, 7) is 5.24. The number of ether oxygens (including phenoxy) is 1. The Morgan fingerprint density at radius 1 is 1.55 bits per heavy atom. The van der Waals surface area contributed by atoms with Gasteiger partial charge >= 0.3 is 0 Å². The summed E-state index contributed by atoms with van der Waals surface area (Å²) in [6, 6.07) is 0.635. The summed E-state index contributed by atoms with van der Waals surface area (Å²) in [5.74, 6) is 0. The van der Waals surface area contributed by atoms with Crippen LogP contribution in [0.4, 0.5) is 0 Å². The molecule has 2 fully saturated rings. The lowest BCUT2D eigenvalue weighted by Crippen LogP contribution is -2.42. The SMILES string of the molecule is CC1(CC2COCCN2)CC1. The molecule has 1 N–H and O–H groups in total. The molecular weight excluding hydrogens is 138 g/mol. The van der Waals surface area contributed by atoms with Gasteiger partial charge < -0.3 is 10.1 Å². The van der Waals surface area contributed by atoms with Crippen molar-refractivity contribution in [1.29, 1.82) is 0 Å². The van der Waals surface area contributed by atoms with E-state index in [1.54, 1.807) is 0 Å². The summed E-state index contributed by atoms with van der Waals surface area (Å²) in [5, 5.41) is 3.49. The highest BCUT2D eigenvalue weighted by Crippen LogP contribution is 2.48. The Kier molecular flexibility index (Phi) is 1.90. The van der Waals surface area contributed by atoms with Crippen molar-refractivity contribution >= 4 is 0 Å². The fourth-order valence-corrected chi connectivity index (χ4v) is 1.76. The Bertz CT molecular complexity index is 136. The zero-order chi connectivity index (χ0) is 7.73. The van der Waals surface area contributed by atoms with Gasteiger partial charge in [-0.3, -0.25) is 0 Å². The molecule has 0 aromatic heterocycles.